The van der Waals surface area contributed by atoms with Gasteiger partial charge < -0.3 is 5.11 Å². The van der Waals surface area contributed by atoms with Gasteiger partial charge in [-0.15, -0.1) is 11.8 Å². The summed E-state index contributed by atoms with van der Waals surface area (Å²) in [6.45, 7) is 0. The summed E-state index contributed by atoms with van der Waals surface area (Å²) in [5, 5.41) is 10.4. The summed E-state index contributed by atoms with van der Waals surface area (Å²) in [7, 11) is 0. The number of pyridine rings is 1. The maximum Gasteiger partial charge on any atom is 0.337 e. The van der Waals surface area contributed by atoms with Crippen molar-refractivity contribution in [1.29, 1.82) is 0 Å². The number of rotatable bonds is 3. The SMILES string of the molecule is O=C(O)c1ccnc(SC2CCCCC2)c1Cl. The highest BCUT2D eigenvalue weighted by atomic mass is 35.5. The molecular formula is C12H14ClNO2S. The van der Waals surface area contributed by atoms with Crippen molar-refractivity contribution in [2.24, 2.45) is 0 Å². The summed E-state index contributed by atoms with van der Waals surface area (Å²) in [5.41, 5.74) is 0.139. The van der Waals surface area contributed by atoms with Gasteiger partial charge in [0.15, 0.2) is 0 Å². The monoisotopic (exact) mass is 271 g/mol. The van der Waals surface area contributed by atoms with Crippen LogP contribution in [0.25, 0.3) is 0 Å². The number of nitrogens with zero attached hydrogens (tertiary/aromatic N) is 1. The van der Waals surface area contributed by atoms with Crippen LogP contribution in [0.4, 0.5) is 0 Å². The molecule has 3 nitrogen and oxygen atoms in total. The number of aromatic nitrogens is 1. The first-order valence-electron chi connectivity index (χ1n) is 5.73. The lowest BCUT2D eigenvalue weighted by Gasteiger charge is -2.20. The van der Waals surface area contributed by atoms with Gasteiger partial charge in [-0.25, -0.2) is 9.78 Å². The number of thioether (sulfide) groups is 1. The van der Waals surface area contributed by atoms with Gasteiger partial charge in [0.1, 0.15) is 5.03 Å². The van der Waals surface area contributed by atoms with E-state index in [1.807, 2.05) is 0 Å². The molecule has 0 atom stereocenters. The second-order valence-electron chi connectivity index (χ2n) is 4.16. The number of halogens is 1. The minimum absolute atomic E-state index is 0.139. The average Bonchev–Trinajstić information content (AvgIpc) is 2.33. The minimum atomic E-state index is -0.997. The van der Waals surface area contributed by atoms with Gasteiger partial charge in [-0.1, -0.05) is 30.9 Å². The van der Waals surface area contributed by atoms with E-state index in [4.69, 9.17) is 16.7 Å². The first-order chi connectivity index (χ1) is 8.18. The lowest BCUT2D eigenvalue weighted by molar-refractivity contribution is 0.0696. The number of aromatic carboxylic acids is 1. The molecule has 17 heavy (non-hydrogen) atoms. The number of carboxylic acids is 1. The summed E-state index contributed by atoms with van der Waals surface area (Å²) in [6.07, 6.45) is 7.63. The van der Waals surface area contributed by atoms with Crippen LogP contribution in [0.15, 0.2) is 17.3 Å². The van der Waals surface area contributed by atoms with E-state index in [0.29, 0.717) is 10.3 Å². The quantitative estimate of drug-likeness (QED) is 0.907. The molecule has 2 rings (SSSR count). The van der Waals surface area contributed by atoms with Gasteiger partial charge in [-0.05, 0) is 18.9 Å². The average molecular weight is 272 g/mol. The summed E-state index contributed by atoms with van der Waals surface area (Å²) < 4.78 is 0. The van der Waals surface area contributed by atoms with Crippen LogP contribution < -0.4 is 0 Å². The smallest absolute Gasteiger partial charge is 0.337 e. The van der Waals surface area contributed by atoms with Crippen LogP contribution in [0.3, 0.4) is 0 Å². The Hall–Kier alpha value is -0.740. The third kappa shape index (κ3) is 3.13. The Morgan fingerprint density at radius 2 is 2.12 bits per heavy atom. The van der Waals surface area contributed by atoms with E-state index in [0.717, 1.165) is 0 Å². The second-order valence-corrected chi connectivity index (χ2v) is 5.83. The zero-order chi connectivity index (χ0) is 12.3. The van der Waals surface area contributed by atoms with E-state index in [-0.39, 0.29) is 10.6 Å². The first-order valence-corrected chi connectivity index (χ1v) is 6.98. The van der Waals surface area contributed by atoms with Crippen LogP contribution in [-0.4, -0.2) is 21.3 Å². The molecule has 0 saturated heterocycles. The maximum atomic E-state index is 10.9. The van der Waals surface area contributed by atoms with Crippen molar-refractivity contribution in [1.82, 2.24) is 4.98 Å². The van der Waals surface area contributed by atoms with Gasteiger partial charge in [0.2, 0.25) is 0 Å². The minimum Gasteiger partial charge on any atom is -0.478 e. The molecule has 1 saturated carbocycles. The third-order valence-electron chi connectivity index (χ3n) is 2.92. The maximum absolute atomic E-state index is 10.9. The Bertz CT molecular complexity index is 419. The predicted octanol–water partition coefficient (Wildman–Crippen LogP) is 3.86. The number of hydrogen-bond donors (Lipinski definition) is 1. The van der Waals surface area contributed by atoms with E-state index >= 15 is 0 Å². The van der Waals surface area contributed by atoms with Gasteiger partial charge in [-0.2, -0.15) is 0 Å². The zero-order valence-corrected chi connectivity index (χ0v) is 10.9. The van der Waals surface area contributed by atoms with E-state index in [1.54, 1.807) is 11.8 Å². The molecule has 0 unspecified atom stereocenters. The molecule has 1 fully saturated rings. The summed E-state index contributed by atoms with van der Waals surface area (Å²) in [6, 6.07) is 1.44. The molecule has 5 heteroatoms. The summed E-state index contributed by atoms with van der Waals surface area (Å²) >= 11 is 7.68. The zero-order valence-electron chi connectivity index (χ0n) is 9.36. The van der Waals surface area contributed by atoms with E-state index in [9.17, 15) is 4.79 Å². The molecule has 0 aromatic carbocycles. The molecule has 0 aliphatic heterocycles. The topological polar surface area (TPSA) is 50.2 Å². The van der Waals surface area contributed by atoms with Crippen LogP contribution in [0.1, 0.15) is 42.5 Å². The fraction of sp³-hybridized carbons (Fsp3) is 0.500. The van der Waals surface area contributed by atoms with Crippen LogP contribution in [0, 0.1) is 0 Å². The molecule has 1 aliphatic rings. The van der Waals surface area contributed by atoms with Crippen LogP contribution in [0.5, 0.6) is 0 Å². The lowest BCUT2D eigenvalue weighted by atomic mass is 10.0. The van der Waals surface area contributed by atoms with Crippen molar-refractivity contribution in [3.63, 3.8) is 0 Å². The summed E-state index contributed by atoms with van der Waals surface area (Å²) in [5.74, 6) is -0.997. The number of carboxylic acid groups (broad SMARTS) is 1. The first kappa shape index (κ1) is 12.7. The number of hydrogen-bond acceptors (Lipinski definition) is 3. The molecule has 0 amide bonds. The van der Waals surface area contributed by atoms with Crippen molar-refractivity contribution in [3.05, 3.63) is 22.8 Å². The fourth-order valence-corrected chi connectivity index (χ4v) is 3.56. The Morgan fingerprint density at radius 3 is 2.76 bits per heavy atom. The molecule has 0 radical (unpaired) electrons. The molecule has 1 heterocycles. The van der Waals surface area contributed by atoms with Crippen molar-refractivity contribution >= 4 is 29.3 Å². The Balaban J connectivity index is 2.15. The predicted molar refractivity (Wildman–Crippen MR) is 68.9 cm³/mol. The standard InChI is InChI=1S/C12H14ClNO2S/c13-10-9(12(15)16)6-7-14-11(10)17-8-4-2-1-3-5-8/h6-8H,1-5H2,(H,15,16). The molecule has 1 aromatic heterocycles. The highest BCUT2D eigenvalue weighted by molar-refractivity contribution is 8.00. The van der Waals surface area contributed by atoms with Gasteiger partial charge in [0.25, 0.3) is 0 Å². The van der Waals surface area contributed by atoms with Crippen molar-refractivity contribution in [3.8, 4) is 0 Å². The van der Waals surface area contributed by atoms with Crippen LogP contribution >= 0.6 is 23.4 Å². The Morgan fingerprint density at radius 1 is 1.41 bits per heavy atom. The molecule has 92 valence electrons. The fourth-order valence-electron chi connectivity index (χ4n) is 2.01. The van der Waals surface area contributed by atoms with Crippen molar-refractivity contribution < 1.29 is 9.90 Å². The second kappa shape index (κ2) is 5.74. The van der Waals surface area contributed by atoms with Crippen LogP contribution in [0.2, 0.25) is 5.02 Å². The highest BCUT2D eigenvalue weighted by Gasteiger charge is 2.19. The lowest BCUT2D eigenvalue weighted by Crippen LogP contribution is -2.09. The van der Waals surface area contributed by atoms with Crippen molar-refractivity contribution in [2.45, 2.75) is 42.4 Å². The van der Waals surface area contributed by atoms with Gasteiger partial charge in [0, 0.05) is 11.4 Å². The Kier molecular flexibility index (Phi) is 4.29. The van der Waals surface area contributed by atoms with Crippen molar-refractivity contribution in [2.75, 3.05) is 0 Å². The molecular weight excluding hydrogens is 258 g/mol. The Labute approximate surface area is 110 Å². The largest absolute Gasteiger partial charge is 0.478 e. The number of carbonyl (C=O) groups is 1. The van der Waals surface area contributed by atoms with E-state index in [1.165, 1.54) is 44.4 Å². The van der Waals surface area contributed by atoms with E-state index in [2.05, 4.69) is 4.98 Å². The normalized spacial score (nSPS) is 17.0. The van der Waals surface area contributed by atoms with Crippen LogP contribution in [-0.2, 0) is 0 Å². The highest BCUT2D eigenvalue weighted by Crippen LogP contribution is 2.36. The molecule has 0 bridgehead atoms. The van der Waals surface area contributed by atoms with Gasteiger partial charge in [0.05, 0.1) is 10.6 Å². The van der Waals surface area contributed by atoms with E-state index < -0.39 is 5.97 Å². The molecule has 1 aliphatic carbocycles. The third-order valence-corrected chi connectivity index (χ3v) is 4.75. The molecule has 1 N–H and O–H groups in total. The molecule has 0 spiro atoms. The molecule has 1 aromatic rings. The van der Waals surface area contributed by atoms with Gasteiger partial charge >= 0.3 is 5.97 Å². The van der Waals surface area contributed by atoms with Gasteiger partial charge in [-0.3, -0.25) is 0 Å². The summed E-state index contributed by atoms with van der Waals surface area (Å²) in [4.78, 5) is 15.1.